The number of fused-ring (bicyclic) bond motifs is 3. The Bertz CT molecular complexity index is 921. The molecular weight excluding hydrogens is 330 g/mol. The summed E-state index contributed by atoms with van der Waals surface area (Å²) in [6, 6.07) is 2.34. The van der Waals surface area contributed by atoms with Gasteiger partial charge in [-0.2, -0.15) is 0 Å². The van der Waals surface area contributed by atoms with Gasteiger partial charge in [-0.1, -0.05) is 6.92 Å². The van der Waals surface area contributed by atoms with Gasteiger partial charge in [0.05, 0.1) is 16.9 Å². The molecule has 2 bridgehead atoms. The second-order valence-corrected chi connectivity index (χ2v) is 8.05. The molecule has 3 N–H and O–H groups in total. The number of pyridine rings is 1. The Labute approximate surface area is 151 Å². The van der Waals surface area contributed by atoms with Crippen LogP contribution in [0.3, 0.4) is 0 Å². The van der Waals surface area contributed by atoms with Crippen LogP contribution >= 0.6 is 0 Å². The Hall–Kier alpha value is -2.41. The number of aliphatic hydroxyl groups is 1. The van der Waals surface area contributed by atoms with E-state index in [1.807, 2.05) is 12.3 Å². The molecule has 5 rings (SSSR count). The molecule has 7 nitrogen and oxygen atoms in total. The largest absolute Gasteiger partial charge is 0.423 e. The van der Waals surface area contributed by atoms with Crippen LogP contribution in [-0.2, 0) is 0 Å². The van der Waals surface area contributed by atoms with E-state index in [4.69, 9.17) is 4.42 Å². The van der Waals surface area contributed by atoms with Crippen molar-refractivity contribution in [3.05, 3.63) is 24.9 Å². The molecule has 0 amide bonds. The van der Waals surface area contributed by atoms with E-state index in [0.29, 0.717) is 23.8 Å². The number of nitrogens with zero attached hydrogens (tertiary/aromatic N) is 3. The van der Waals surface area contributed by atoms with Crippen molar-refractivity contribution in [3.8, 4) is 11.5 Å². The van der Waals surface area contributed by atoms with Gasteiger partial charge in [0.2, 0.25) is 6.39 Å². The first-order valence-corrected chi connectivity index (χ1v) is 9.33. The first kappa shape index (κ1) is 15.8. The van der Waals surface area contributed by atoms with Gasteiger partial charge in [0.15, 0.2) is 0 Å². The molecule has 26 heavy (non-hydrogen) atoms. The summed E-state index contributed by atoms with van der Waals surface area (Å²) in [5.41, 5.74) is 2.16. The fraction of sp³-hybridized carbons (Fsp3) is 0.526. The minimum Gasteiger partial charge on any atom is -0.423 e. The lowest BCUT2D eigenvalue weighted by atomic mass is 9.64. The molecule has 1 unspecified atom stereocenters. The van der Waals surface area contributed by atoms with Crippen molar-refractivity contribution in [2.24, 2.45) is 11.8 Å². The number of aromatic amines is 1. The van der Waals surface area contributed by atoms with Crippen LogP contribution in [0.1, 0.15) is 39.0 Å². The molecule has 0 radical (unpaired) electrons. The average molecular weight is 353 g/mol. The zero-order chi connectivity index (χ0) is 17.7. The highest BCUT2D eigenvalue weighted by Crippen LogP contribution is 2.46. The lowest BCUT2D eigenvalue weighted by Crippen LogP contribution is -2.49. The third-order valence-corrected chi connectivity index (χ3v) is 6.07. The van der Waals surface area contributed by atoms with Gasteiger partial charge in [-0.25, -0.2) is 4.98 Å². The van der Waals surface area contributed by atoms with Gasteiger partial charge in [0.25, 0.3) is 5.89 Å². The molecule has 0 aromatic carbocycles. The number of hydrogen-bond donors (Lipinski definition) is 3. The second kappa shape index (κ2) is 5.81. The van der Waals surface area contributed by atoms with Crippen molar-refractivity contribution in [1.82, 2.24) is 20.2 Å². The molecule has 2 saturated carbocycles. The van der Waals surface area contributed by atoms with Gasteiger partial charge in [-0.05, 0) is 50.0 Å². The highest BCUT2D eigenvalue weighted by Gasteiger charge is 2.44. The van der Waals surface area contributed by atoms with Crippen LogP contribution in [0.15, 0.2) is 29.3 Å². The number of nitrogens with one attached hydrogen (secondary N) is 2. The Morgan fingerprint density at radius 2 is 2.31 bits per heavy atom. The van der Waals surface area contributed by atoms with Crippen LogP contribution < -0.4 is 5.32 Å². The van der Waals surface area contributed by atoms with Gasteiger partial charge < -0.3 is 19.8 Å². The summed E-state index contributed by atoms with van der Waals surface area (Å²) in [6.45, 7) is 2.25. The smallest absolute Gasteiger partial charge is 0.251 e. The van der Waals surface area contributed by atoms with Crippen LogP contribution in [-0.4, -0.2) is 36.9 Å². The summed E-state index contributed by atoms with van der Waals surface area (Å²) < 4.78 is 5.44. The first-order valence-electron chi connectivity index (χ1n) is 9.33. The third-order valence-electron chi connectivity index (χ3n) is 6.07. The van der Waals surface area contributed by atoms with Crippen molar-refractivity contribution in [2.45, 2.75) is 50.7 Å². The van der Waals surface area contributed by atoms with E-state index in [1.165, 1.54) is 6.39 Å². The van der Waals surface area contributed by atoms with Crippen LogP contribution in [0.5, 0.6) is 0 Å². The molecule has 0 spiro atoms. The molecule has 0 saturated heterocycles. The molecule has 0 aliphatic heterocycles. The standard InChI is InChI=1S/C19H23N5O2/c1-11-6-12-8-19(25,7-11)4-2-15(12)23-16-13-3-5-20-17(13)21-9-14(16)18-24-22-10-26-18/h3,5,9-12,15,25H,2,4,6-8H2,1H3,(H2,20,21,23)/t11?,12-,15-,19-/m0/s1. The topological polar surface area (TPSA) is 99.9 Å². The minimum atomic E-state index is -0.475. The van der Waals surface area contributed by atoms with E-state index in [0.717, 1.165) is 54.4 Å². The Morgan fingerprint density at radius 3 is 3.15 bits per heavy atom. The lowest BCUT2D eigenvalue weighted by Gasteiger charge is -2.48. The van der Waals surface area contributed by atoms with Crippen LogP contribution in [0, 0.1) is 11.8 Å². The fourth-order valence-corrected chi connectivity index (χ4v) is 5.07. The minimum absolute atomic E-state index is 0.320. The van der Waals surface area contributed by atoms with Crippen molar-refractivity contribution in [1.29, 1.82) is 0 Å². The highest BCUT2D eigenvalue weighted by molar-refractivity contribution is 5.96. The normalized spacial score (nSPS) is 31.2. The summed E-state index contributed by atoms with van der Waals surface area (Å²) in [7, 11) is 0. The van der Waals surface area contributed by atoms with Crippen LogP contribution in [0.4, 0.5) is 5.69 Å². The zero-order valence-electron chi connectivity index (χ0n) is 14.8. The molecule has 3 aromatic rings. The van der Waals surface area contributed by atoms with Gasteiger partial charge in [-0.15, -0.1) is 10.2 Å². The van der Waals surface area contributed by atoms with E-state index in [9.17, 15) is 5.11 Å². The van der Waals surface area contributed by atoms with Crippen molar-refractivity contribution in [2.75, 3.05) is 5.32 Å². The third kappa shape index (κ3) is 2.58. The highest BCUT2D eigenvalue weighted by atomic mass is 16.4. The monoisotopic (exact) mass is 353 g/mol. The maximum absolute atomic E-state index is 10.8. The van der Waals surface area contributed by atoms with E-state index in [2.05, 4.69) is 32.4 Å². The average Bonchev–Trinajstić information content (AvgIpc) is 3.28. The van der Waals surface area contributed by atoms with Crippen LogP contribution in [0.25, 0.3) is 22.5 Å². The van der Waals surface area contributed by atoms with Gasteiger partial charge >= 0.3 is 0 Å². The molecule has 4 atom stereocenters. The van der Waals surface area contributed by atoms with E-state index < -0.39 is 5.60 Å². The van der Waals surface area contributed by atoms with E-state index in [1.54, 1.807) is 6.20 Å². The Balaban J connectivity index is 1.53. The van der Waals surface area contributed by atoms with Crippen molar-refractivity contribution >= 4 is 16.7 Å². The fourth-order valence-electron chi connectivity index (χ4n) is 5.07. The molecule has 2 aliphatic carbocycles. The van der Waals surface area contributed by atoms with Crippen molar-refractivity contribution < 1.29 is 9.52 Å². The Kier molecular flexibility index (Phi) is 3.53. The maximum atomic E-state index is 10.8. The summed E-state index contributed by atoms with van der Waals surface area (Å²) in [5.74, 6) is 1.49. The summed E-state index contributed by atoms with van der Waals surface area (Å²) in [4.78, 5) is 7.64. The number of hydrogen-bond acceptors (Lipinski definition) is 6. The van der Waals surface area contributed by atoms with Gasteiger partial charge in [0, 0.05) is 23.8 Å². The number of anilines is 1. The molecule has 3 aromatic heterocycles. The second-order valence-electron chi connectivity index (χ2n) is 8.05. The van der Waals surface area contributed by atoms with Gasteiger partial charge in [0.1, 0.15) is 5.65 Å². The summed E-state index contributed by atoms with van der Waals surface area (Å²) in [5, 5.41) is 23.5. The summed E-state index contributed by atoms with van der Waals surface area (Å²) >= 11 is 0. The predicted molar refractivity (Wildman–Crippen MR) is 97.5 cm³/mol. The molecule has 3 heterocycles. The van der Waals surface area contributed by atoms with E-state index >= 15 is 0 Å². The predicted octanol–water partition coefficient (Wildman–Crippen LogP) is 3.35. The molecular formula is C19H23N5O2. The van der Waals surface area contributed by atoms with Crippen molar-refractivity contribution in [3.63, 3.8) is 0 Å². The van der Waals surface area contributed by atoms with Crippen LogP contribution in [0.2, 0.25) is 0 Å². The maximum Gasteiger partial charge on any atom is 0.251 e. The number of H-pyrrole nitrogens is 1. The van der Waals surface area contributed by atoms with Gasteiger partial charge in [-0.3, -0.25) is 0 Å². The zero-order valence-corrected chi connectivity index (χ0v) is 14.8. The molecule has 136 valence electrons. The van der Waals surface area contributed by atoms with E-state index in [-0.39, 0.29) is 0 Å². The molecule has 2 fully saturated rings. The molecule has 2 aliphatic rings. The molecule has 7 heteroatoms. The summed E-state index contributed by atoms with van der Waals surface area (Å²) in [6.07, 6.45) is 9.78. The lowest BCUT2D eigenvalue weighted by molar-refractivity contribution is -0.0677. The number of aromatic nitrogens is 4. The quantitative estimate of drug-likeness (QED) is 0.668. The SMILES string of the molecule is CC1C[C@H]2C[C@](O)(CC[C@@H]2Nc2c(-c3nnco3)cnc3[nH]ccc23)C1. The number of rotatable bonds is 3. The Morgan fingerprint density at radius 1 is 1.38 bits per heavy atom. The first-order chi connectivity index (χ1) is 12.6.